The fourth-order valence-corrected chi connectivity index (χ4v) is 1.48. The lowest BCUT2D eigenvalue weighted by molar-refractivity contribution is -0.137. The first-order valence-electron chi connectivity index (χ1n) is 6.40. The van der Waals surface area contributed by atoms with E-state index in [2.05, 4.69) is 19.2 Å². The highest BCUT2D eigenvalue weighted by molar-refractivity contribution is 5.75. The van der Waals surface area contributed by atoms with Crippen LogP contribution in [0.5, 0.6) is 0 Å². The molecule has 0 rings (SSSR count). The minimum Gasteiger partial charge on any atom is -0.481 e. The van der Waals surface area contributed by atoms with E-state index < -0.39 is 5.97 Å². The summed E-state index contributed by atoms with van der Waals surface area (Å²) in [5.41, 5.74) is 0. The van der Waals surface area contributed by atoms with E-state index >= 15 is 0 Å². The lowest BCUT2D eigenvalue weighted by Crippen LogP contribution is -2.25. The third-order valence-electron chi connectivity index (χ3n) is 2.76. The van der Waals surface area contributed by atoms with Gasteiger partial charge in [0, 0.05) is 19.4 Å². The number of hydrogen-bond donors (Lipinski definition) is 2. The van der Waals surface area contributed by atoms with Gasteiger partial charge < -0.3 is 10.4 Å². The zero-order valence-electron chi connectivity index (χ0n) is 11.2. The van der Waals surface area contributed by atoms with E-state index in [1.165, 1.54) is 0 Å². The van der Waals surface area contributed by atoms with Crippen molar-refractivity contribution in [1.82, 2.24) is 5.32 Å². The third-order valence-corrected chi connectivity index (χ3v) is 2.76. The molecule has 0 radical (unpaired) electrons. The summed E-state index contributed by atoms with van der Waals surface area (Å²) in [5.74, 6) is 0.244. The molecule has 0 aromatic heterocycles. The lowest BCUT2D eigenvalue weighted by Gasteiger charge is -2.11. The fourth-order valence-electron chi connectivity index (χ4n) is 1.48. The highest BCUT2D eigenvalue weighted by Gasteiger charge is 2.07. The van der Waals surface area contributed by atoms with Gasteiger partial charge in [0.2, 0.25) is 5.91 Å². The van der Waals surface area contributed by atoms with Crippen LogP contribution in [-0.4, -0.2) is 23.5 Å². The number of carboxylic acids is 1. The van der Waals surface area contributed by atoms with Gasteiger partial charge >= 0.3 is 5.97 Å². The number of aliphatic carboxylic acids is 1. The van der Waals surface area contributed by atoms with Crippen LogP contribution in [0.4, 0.5) is 0 Å². The number of carbonyl (C=O) groups is 2. The van der Waals surface area contributed by atoms with E-state index in [9.17, 15) is 9.59 Å². The first-order valence-corrected chi connectivity index (χ1v) is 6.40. The van der Waals surface area contributed by atoms with Gasteiger partial charge in [-0.3, -0.25) is 9.59 Å². The van der Waals surface area contributed by atoms with E-state index in [1.807, 2.05) is 6.92 Å². The Kier molecular flexibility index (Phi) is 8.46. The molecule has 100 valence electrons. The minimum absolute atomic E-state index is 0.101. The molecule has 0 heterocycles. The van der Waals surface area contributed by atoms with Crippen molar-refractivity contribution < 1.29 is 14.7 Å². The normalized spacial score (nSPS) is 12.5. The van der Waals surface area contributed by atoms with Crippen molar-refractivity contribution in [1.29, 1.82) is 0 Å². The highest BCUT2D eigenvalue weighted by Crippen LogP contribution is 2.09. The predicted octanol–water partition coefficient (Wildman–Crippen LogP) is 2.43. The van der Waals surface area contributed by atoms with Gasteiger partial charge in [-0.2, -0.15) is 0 Å². The molecule has 0 bridgehead atoms. The molecule has 2 N–H and O–H groups in total. The summed E-state index contributed by atoms with van der Waals surface area (Å²) in [5, 5.41) is 11.4. The van der Waals surface area contributed by atoms with Crippen LogP contribution in [0.1, 0.15) is 52.9 Å². The molecular weight excluding hydrogens is 218 g/mol. The first kappa shape index (κ1) is 15.9. The molecule has 0 spiro atoms. The average molecular weight is 243 g/mol. The number of carbonyl (C=O) groups excluding carboxylic acids is 1. The molecule has 0 aromatic rings. The quantitative estimate of drug-likeness (QED) is 0.653. The summed E-state index contributed by atoms with van der Waals surface area (Å²) >= 11 is 0. The number of rotatable bonds is 9. The molecule has 1 atom stereocenters. The van der Waals surface area contributed by atoms with Crippen molar-refractivity contribution >= 4 is 11.9 Å². The van der Waals surface area contributed by atoms with Crippen LogP contribution in [0.3, 0.4) is 0 Å². The summed E-state index contributed by atoms with van der Waals surface area (Å²) < 4.78 is 0. The zero-order chi connectivity index (χ0) is 13.3. The van der Waals surface area contributed by atoms with Crippen LogP contribution in [0.15, 0.2) is 0 Å². The summed E-state index contributed by atoms with van der Waals surface area (Å²) in [7, 11) is 0. The number of nitrogens with one attached hydrogen (secondary N) is 1. The summed E-state index contributed by atoms with van der Waals surface area (Å²) in [6.07, 6.45) is 3.24. The maximum absolute atomic E-state index is 11.4. The maximum Gasteiger partial charge on any atom is 0.303 e. The van der Waals surface area contributed by atoms with Crippen LogP contribution in [0.2, 0.25) is 0 Å². The highest BCUT2D eigenvalue weighted by atomic mass is 16.4. The molecule has 0 saturated heterocycles. The van der Waals surface area contributed by atoms with Crippen LogP contribution >= 0.6 is 0 Å². The second-order valence-electron chi connectivity index (χ2n) is 5.11. The largest absolute Gasteiger partial charge is 0.481 e. The van der Waals surface area contributed by atoms with Crippen LogP contribution < -0.4 is 5.32 Å². The average Bonchev–Trinajstić information content (AvgIpc) is 2.23. The SMILES string of the molecule is CC(C)CCC(=O)NCCC(C)CCC(=O)O. The molecule has 0 fully saturated rings. The van der Waals surface area contributed by atoms with Gasteiger partial charge in [-0.05, 0) is 31.1 Å². The standard InChI is InChI=1S/C13H25NO3/c1-10(2)4-6-12(15)14-9-8-11(3)5-7-13(16)17/h10-11H,4-9H2,1-3H3,(H,14,15)(H,16,17). The monoisotopic (exact) mass is 243 g/mol. The van der Waals surface area contributed by atoms with E-state index in [1.54, 1.807) is 0 Å². The smallest absolute Gasteiger partial charge is 0.303 e. The Balaban J connectivity index is 3.48. The molecule has 1 amide bonds. The second kappa shape index (κ2) is 9.02. The molecule has 0 aromatic carbocycles. The number of carboxylic acid groups (broad SMARTS) is 1. The molecule has 0 aliphatic carbocycles. The first-order chi connectivity index (χ1) is 7.91. The molecule has 0 aliphatic heterocycles. The van der Waals surface area contributed by atoms with Gasteiger partial charge in [0.1, 0.15) is 0 Å². The van der Waals surface area contributed by atoms with Crippen LogP contribution in [0.25, 0.3) is 0 Å². The van der Waals surface area contributed by atoms with Gasteiger partial charge in [0.15, 0.2) is 0 Å². The van der Waals surface area contributed by atoms with Crippen molar-refractivity contribution in [3.05, 3.63) is 0 Å². The van der Waals surface area contributed by atoms with Crippen LogP contribution in [0, 0.1) is 11.8 Å². The third kappa shape index (κ3) is 11.2. The van der Waals surface area contributed by atoms with E-state index in [-0.39, 0.29) is 12.3 Å². The van der Waals surface area contributed by atoms with E-state index in [4.69, 9.17) is 5.11 Å². The minimum atomic E-state index is -0.752. The fraction of sp³-hybridized carbons (Fsp3) is 0.846. The van der Waals surface area contributed by atoms with Crippen molar-refractivity contribution in [3.63, 3.8) is 0 Å². The van der Waals surface area contributed by atoms with E-state index in [0.717, 1.165) is 12.8 Å². The second-order valence-corrected chi connectivity index (χ2v) is 5.11. The topological polar surface area (TPSA) is 66.4 Å². The van der Waals surface area contributed by atoms with Crippen molar-refractivity contribution in [2.75, 3.05) is 6.54 Å². The Morgan fingerprint density at radius 2 is 1.71 bits per heavy atom. The van der Waals surface area contributed by atoms with Crippen molar-refractivity contribution in [2.24, 2.45) is 11.8 Å². The van der Waals surface area contributed by atoms with Gasteiger partial charge in [0.25, 0.3) is 0 Å². The number of hydrogen-bond acceptors (Lipinski definition) is 2. The van der Waals surface area contributed by atoms with Gasteiger partial charge in [-0.1, -0.05) is 20.8 Å². The zero-order valence-corrected chi connectivity index (χ0v) is 11.2. The van der Waals surface area contributed by atoms with Gasteiger partial charge in [0.05, 0.1) is 0 Å². The summed E-state index contributed by atoms with van der Waals surface area (Å²) in [4.78, 5) is 21.8. The predicted molar refractivity (Wildman–Crippen MR) is 67.7 cm³/mol. The molecular formula is C13H25NO3. The Hall–Kier alpha value is -1.06. The molecule has 4 nitrogen and oxygen atoms in total. The Morgan fingerprint density at radius 1 is 1.06 bits per heavy atom. The molecule has 4 heteroatoms. The maximum atomic E-state index is 11.4. The summed E-state index contributed by atoms with van der Waals surface area (Å²) in [6.45, 7) is 6.86. The molecule has 1 unspecified atom stereocenters. The summed E-state index contributed by atoms with van der Waals surface area (Å²) in [6, 6.07) is 0. The number of amides is 1. The molecule has 0 aliphatic rings. The Morgan fingerprint density at radius 3 is 2.24 bits per heavy atom. The molecule has 0 saturated carbocycles. The Labute approximate surface area is 104 Å². The van der Waals surface area contributed by atoms with Crippen molar-refractivity contribution in [3.8, 4) is 0 Å². The van der Waals surface area contributed by atoms with Crippen LogP contribution in [-0.2, 0) is 9.59 Å². The Bertz CT molecular complexity index is 239. The van der Waals surface area contributed by atoms with Crippen molar-refractivity contribution in [2.45, 2.75) is 52.9 Å². The van der Waals surface area contributed by atoms with Gasteiger partial charge in [-0.25, -0.2) is 0 Å². The lowest BCUT2D eigenvalue weighted by atomic mass is 10.0. The molecule has 17 heavy (non-hydrogen) atoms. The van der Waals surface area contributed by atoms with E-state index in [0.29, 0.717) is 31.2 Å². The van der Waals surface area contributed by atoms with Gasteiger partial charge in [-0.15, -0.1) is 0 Å².